The molecule has 0 fully saturated rings. The summed E-state index contributed by atoms with van der Waals surface area (Å²) >= 11 is 0. The predicted molar refractivity (Wildman–Crippen MR) is 108 cm³/mol. The molecule has 0 saturated carbocycles. The van der Waals surface area contributed by atoms with Crippen molar-refractivity contribution < 1.29 is 38.0 Å². The maximum Gasteiger partial charge on any atom is 0.303 e. The van der Waals surface area contributed by atoms with E-state index in [4.69, 9.17) is 28.4 Å². The van der Waals surface area contributed by atoms with Gasteiger partial charge < -0.3 is 28.4 Å². The van der Waals surface area contributed by atoms with Crippen LogP contribution in [0.1, 0.15) is 25.5 Å². The van der Waals surface area contributed by atoms with Crippen LogP contribution in [-0.2, 0) is 19.1 Å². The van der Waals surface area contributed by atoms with Crippen molar-refractivity contribution in [1.82, 2.24) is 0 Å². The Morgan fingerprint density at radius 1 is 0.800 bits per heavy atom. The average molecular weight is 418 g/mol. The van der Waals surface area contributed by atoms with Crippen molar-refractivity contribution in [3.63, 3.8) is 0 Å². The monoisotopic (exact) mass is 418 g/mol. The quantitative estimate of drug-likeness (QED) is 0.543. The van der Waals surface area contributed by atoms with E-state index in [1.807, 2.05) is 0 Å². The summed E-state index contributed by atoms with van der Waals surface area (Å²) in [6.07, 6.45) is -1.75. The van der Waals surface area contributed by atoms with Crippen LogP contribution in [0.4, 0.5) is 0 Å². The minimum atomic E-state index is -0.897. The molecule has 0 saturated heterocycles. The molecular weight excluding hydrogens is 392 g/mol. The first-order chi connectivity index (χ1) is 14.4. The summed E-state index contributed by atoms with van der Waals surface area (Å²) in [7, 11) is 4.54. The highest BCUT2D eigenvalue weighted by atomic mass is 16.6. The van der Waals surface area contributed by atoms with Gasteiger partial charge in [0.05, 0.1) is 21.3 Å². The third-order valence-electron chi connectivity index (χ3n) is 4.17. The van der Waals surface area contributed by atoms with Crippen molar-refractivity contribution in [2.45, 2.75) is 26.1 Å². The first-order valence-electron chi connectivity index (χ1n) is 9.21. The Hall–Kier alpha value is -3.42. The second-order valence-corrected chi connectivity index (χ2v) is 6.25. The molecular formula is C22H26O8. The summed E-state index contributed by atoms with van der Waals surface area (Å²) in [6, 6.07) is 12.1. The van der Waals surface area contributed by atoms with Gasteiger partial charge in [-0.05, 0) is 24.3 Å². The van der Waals surface area contributed by atoms with Crippen LogP contribution in [0.2, 0.25) is 0 Å². The number of hydrogen-bond acceptors (Lipinski definition) is 8. The van der Waals surface area contributed by atoms with Crippen LogP contribution < -0.4 is 18.9 Å². The van der Waals surface area contributed by atoms with Crippen LogP contribution >= 0.6 is 0 Å². The summed E-state index contributed by atoms with van der Waals surface area (Å²) in [5.74, 6) is 0.860. The molecule has 0 amide bonds. The summed E-state index contributed by atoms with van der Waals surface area (Å²) in [6.45, 7) is 2.43. The zero-order valence-corrected chi connectivity index (χ0v) is 17.7. The number of para-hydroxylation sites is 2. The topological polar surface area (TPSA) is 89.5 Å². The lowest BCUT2D eigenvalue weighted by Gasteiger charge is -2.28. The van der Waals surface area contributed by atoms with Crippen LogP contribution in [0.5, 0.6) is 23.0 Å². The van der Waals surface area contributed by atoms with Crippen molar-refractivity contribution in [2.24, 2.45) is 0 Å². The fourth-order valence-electron chi connectivity index (χ4n) is 2.83. The lowest BCUT2D eigenvalue weighted by molar-refractivity contribution is -0.157. The molecule has 0 radical (unpaired) electrons. The molecule has 0 spiro atoms. The number of carbonyl (C=O) groups excluding carboxylic acids is 2. The van der Waals surface area contributed by atoms with Crippen molar-refractivity contribution in [3.8, 4) is 23.0 Å². The summed E-state index contributed by atoms with van der Waals surface area (Å²) in [4.78, 5) is 23.3. The minimum Gasteiger partial charge on any atom is -0.493 e. The van der Waals surface area contributed by atoms with Gasteiger partial charge in [0, 0.05) is 19.4 Å². The van der Waals surface area contributed by atoms with Crippen LogP contribution in [0.25, 0.3) is 0 Å². The van der Waals surface area contributed by atoms with E-state index in [2.05, 4.69) is 0 Å². The zero-order chi connectivity index (χ0) is 22.1. The summed E-state index contributed by atoms with van der Waals surface area (Å²) < 4.78 is 32.8. The predicted octanol–water partition coefficient (Wildman–Crippen LogP) is 3.33. The molecule has 8 heteroatoms. The number of ether oxygens (including phenoxy) is 6. The molecule has 0 aliphatic carbocycles. The molecule has 2 aromatic carbocycles. The molecule has 0 aromatic heterocycles. The molecule has 0 bridgehead atoms. The molecule has 2 rings (SSSR count). The maximum atomic E-state index is 11.9. The van der Waals surface area contributed by atoms with Gasteiger partial charge in [0.1, 0.15) is 6.61 Å². The Bertz CT molecular complexity index is 864. The summed E-state index contributed by atoms with van der Waals surface area (Å²) in [5.41, 5.74) is 0.579. The lowest BCUT2D eigenvalue weighted by atomic mass is 10.0. The maximum absolute atomic E-state index is 11.9. The fraction of sp³-hybridized carbons (Fsp3) is 0.364. The Labute approximate surface area is 175 Å². The van der Waals surface area contributed by atoms with Crippen molar-refractivity contribution in [2.75, 3.05) is 27.9 Å². The standard InChI is InChI=1S/C22H26O8/c1-14(23)28-13-21(30-19-9-7-6-8-17(19)25-3)22(29-15(2)24)16-10-11-18(26-4)20(12-16)27-5/h6-12,21-22H,13H2,1-5H3/t21-,22+/m0/s1. The van der Waals surface area contributed by atoms with Gasteiger partial charge in [-0.1, -0.05) is 18.2 Å². The van der Waals surface area contributed by atoms with Gasteiger partial charge in [0.2, 0.25) is 0 Å². The van der Waals surface area contributed by atoms with E-state index in [0.29, 0.717) is 28.6 Å². The fourth-order valence-corrected chi connectivity index (χ4v) is 2.83. The van der Waals surface area contributed by atoms with Gasteiger partial charge in [-0.2, -0.15) is 0 Å². The number of carbonyl (C=O) groups is 2. The number of methoxy groups -OCH3 is 3. The second kappa shape index (κ2) is 10.9. The van der Waals surface area contributed by atoms with Gasteiger partial charge in [-0.15, -0.1) is 0 Å². The van der Waals surface area contributed by atoms with Crippen LogP contribution in [-0.4, -0.2) is 46.0 Å². The zero-order valence-electron chi connectivity index (χ0n) is 17.7. The highest BCUT2D eigenvalue weighted by Crippen LogP contribution is 2.35. The van der Waals surface area contributed by atoms with Crippen LogP contribution in [0.15, 0.2) is 42.5 Å². The third kappa shape index (κ3) is 6.04. The van der Waals surface area contributed by atoms with Gasteiger partial charge in [0.25, 0.3) is 0 Å². The molecule has 0 N–H and O–H groups in total. The second-order valence-electron chi connectivity index (χ2n) is 6.25. The third-order valence-corrected chi connectivity index (χ3v) is 4.17. The first-order valence-corrected chi connectivity index (χ1v) is 9.21. The van der Waals surface area contributed by atoms with Crippen LogP contribution in [0, 0.1) is 0 Å². The van der Waals surface area contributed by atoms with E-state index < -0.39 is 24.1 Å². The lowest BCUT2D eigenvalue weighted by Crippen LogP contribution is -2.34. The first kappa shape index (κ1) is 22.9. The van der Waals surface area contributed by atoms with Crippen molar-refractivity contribution in [3.05, 3.63) is 48.0 Å². The molecule has 0 aliphatic rings. The Morgan fingerprint density at radius 2 is 1.40 bits per heavy atom. The number of hydrogen-bond donors (Lipinski definition) is 0. The smallest absolute Gasteiger partial charge is 0.303 e. The SMILES string of the molecule is COc1ccc([C@@H](OC(C)=O)[C@H](COC(C)=O)Oc2ccccc2OC)cc1OC. The normalized spacial score (nSPS) is 12.3. The molecule has 0 heterocycles. The Balaban J connectivity index is 2.47. The van der Waals surface area contributed by atoms with E-state index in [9.17, 15) is 9.59 Å². The van der Waals surface area contributed by atoms with Crippen molar-refractivity contribution >= 4 is 11.9 Å². The molecule has 30 heavy (non-hydrogen) atoms. The van der Waals surface area contributed by atoms with Gasteiger partial charge in [-0.25, -0.2) is 0 Å². The van der Waals surface area contributed by atoms with E-state index in [-0.39, 0.29) is 6.61 Å². The van der Waals surface area contributed by atoms with Gasteiger partial charge in [0.15, 0.2) is 35.2 Å². The average Bonchev–Trinajstić information content (AvgIpc) is 2.74. The number of esters is 2. The minimum absolute atomic E-state index is 0.153. The molecule has 2 aromatic rings. The largest absolute Gasteiger partial charge is 0.493 e. The molecule has 162 valence electrons. The number of benzene rings is 2. The van der Waals surface area contributed by atoms with Crippen molar-refractivity contribution in [1.29, 1.82) is 0 Å². The van der Waals surface area contributed by atoms with E-state index in [1.165, 1.54) is 35.2 Å². The Kier molecular flexibility index (Phi) is 8.34. The van der Waals surface area contributed by atoms with E-state index >= 15 is 0 Å². The van der Waals surface area contributed by atoms with Gasteiger partial charge in [-0.3, -0.25) is 9.59 Å². The van der Waals surface area contributed by atoms with Crippen LogP contribution in [0.3, 0.4) is 0 Å². The van der Waals surface area contributed by atoms with E-state index in [0.717, 1.165) is 0 Å². The summed E-state index contributed by atoms with van der Waals surface area (Å²) in [5, 5.41) is 0. The highest BCUT2D eigenvalue weighted by Gasteiger charge is 2.31. The highest BCUT2D eigenvalue weighted by molar-refractivity contribution is 5.67. The molecule has 0 aliphatic heterocycles. The van der Waals surface area contributed by atoms with E-state index in [1.54, 1.807) is 42.5 Å². The molecule has 2 atom stereocenters. The number of rotatable bonds is 10. The van der Waals surface area contributed by atoms with Gasteiger partial charge >= 0.3 is 11.9 Å². The molecule has 0 unspecified atom stereocenters. The molecule has 8 nitrogen and oxygen atoms in total. The Morgan fingerprint density at radius 3 is 1.97 bits per heavy atom.